The molecule has 10 heavy (non-hydrogen) atoms. The van der Waals surface area contributed by atoms with Crippen molar-refractivity contribution in [2.45, 2.75) is 6.42 Å². The van der Waals surface area contributed by atoms with E-state index < -0.39 is 5.92 Å². The molecule has 0 aliphatic carbocycles. The zero-order valence-corrected chi connectivity index (χ0v) is 5.13. The van der Waals surface area contributed by atoms with Crippen molar-refractivity contribution < 1.29 is 0 Å². The summed E-state index contributed by atoms with van der Waals surface area (Å²) >= 11 is 0. The molecule has 0 heterocycles. The zero-order chi connectivity index (χ0) is 7.82. The molecule has 1 unspecified atom stereocenters. The number of hydrogen-bond acceptors (Lipinski definition) is 3. The summed E-state index contributed by atoms with van der Waals surface area (Å²) in [6.07, 6.45) is 0.0607. The van der Waals surface area contributed by atoms with Crippen molar-refractivity contribution >= 4 is 0 Å². The lowest BCUT2D eigenvalue weighted by Gasteiger charge is -1.85. The Bertz CT molecular complexity index is 273. The van der Waals surface area contributed by atoms with Gasteiger partial charge in [0, 0.05) is 5.92 Å². The summed E-state index contributed by atoms with van der Waals surface area (Å²) in [7, 11) is 0. The number of nitriles is 3. The second-order valence-electron chi connectivity index (χ2n) is 1.43. The van der Waals surface area contributed by atoms with Gasteiger partial charge in [0.05, 0.1) is 18.6 Å². The molecule has 0 aromatic heterocycles. The third-order valence-electron chi connectivity index (χ3n) is 0.754. The summed E-state index contributed by atoms with van der Waals surface area (Å²) in [5.41, 5.74) is 0. The summed E-state index contributed by atoms with van der Waals surface area (Å²) in [5, 5.41) is 24.3. The van der Waals surface area contributed by atoms with E-state index in [1.54, 1.807) is 18.2 Å². The normalized spacial score (nSPS) is 8.90. The third-order valence-corrected chi connectivity index (χ3v) is 0.754. The fourth-order valence-corrected chi connectivity index (χ4v) is 0.340. The van der Waals surface area contributed by atoms with E-state index >= 15 is 0 Å². The van der Waals surface area contributed by atoms with Crippen molar-refractivity contribution in [1.29, 1.82) is 15.8 Å². The molecule has 1 atom stereocenters. The van der Waals surface area contributed by atoms with Crippen molar-refractivity contribution in [1.82, 2.24) is 0 Å². The Morgan fingerprint density at radius 3 is 2.30 bits per heavy atom. The van der Waals surface area contributed by atoms with Gasteiger partial charge in [-0.25, -0.2) is 0 Å². The topological polar surface area (TPSA) is 71.4 Å². The predicted molar refractivity (Wildman–Crippen MR) is 32.7 cm³/mol. The van der Waals surface area contributed by atoms with Crippen LogP contribution in [-0.4, -0.2) is 0 Å². The Hall–Kier alpha value is -1.97. The molecule has 0 spiro atoms. The second-order valence-corrected chi connectivity index (χ2v) is 1.43. The maximum atomic E-state index is 8.27. The van der Waals surface area contributed by atoms with E-state index in [4.69, 9.17) is 15.8 Å². The summed E-state index contributed by atoms with van der Waals surface area (Å²) in [5.74, 6) is 3.77. The minimum Gasteiger partial charge on any atom is -0.198 e. The molecule has 0 aliphatic heterocycles. The Morgan fingerprint density at radius 2 is 1.90 bits per heavy atom. The molecular formula is C7H3N3. The van der Waals surface area contributed by atoms with Gasteiger partial charge in [-0.05, 0) is 0 Å². The molecule has 0 fully saturated rings. The van der Waals surface area contributed by atoms with Gasteiger partial charge < -0.3 is 0 Å². The highest BCUT2D eigenvalue weighted by Crippen LogP contribution is 1.95. The fourth-order valence-electron chi connectivity index (χ4n) is 0.340. The second kappa shape index (κ2) is 5.17. The highest BCUT2D eigenvalue weighted by Gasteiger charge is 1.99. The van der Waals surface area contributed by atoms with Gasteiger partial charge in [-0.3, -0.25) is 0 Å². The number of nitrogens with zero attached hydrogens (tertiary/aromatic N) is 3. The van der Waals surface area contributed by atoms with Crippen LogP contribution in [0.15, 0.2) is 0 Å². The maximum Gasteiger partial charge on any atom is 0.152 e. The Labute approximate surface area is 59.1 Å². The predicted octanol–water partition coefficient (Wildman–Crippen LogP) is 0.567. The van der Waals surface area contributed by atoms with Crippen LogP contribution in [0.1, 0.15) is 6.42 Å². The van der Waals surface area contributed by atoms with E-state index in [0.717, 1.165) is 0 Å². The Balaban J connectivity index is 4.05. The lowest BCUT2D eigenvalue weighted by atomic mass is 10.1. The molecular weight excluding hydrogens is 126 g/mol. The first-order valence-corrected chi connectivity index (χ1v) is 2.51. The number of hydrogen-bond donors (Lipinski definition) is 0. The van der Waals surface area contributed by atoms with Crippen molar-refractivity contribution in [3.8, 4) is 30.0 Å². The quantitative estimate of drug-likeness (QED) is 0.486. The average Bonchev–Trinajstić information content (AvgIpc) is 1.98. The Morgan fingerprint density at radius 1 is 1.20 bits per heavy atom. The molecule has 0 aliphatic rings. The van der Waals surface area contributed by atoms with E-state index in [0.29, 0.717) is 0 Å². The molecule has 0 saturated heterocycles. The molecule has 0 N–H and O–H groups in total. The van der Waals surface area contributed by atoms with Crippen LogP contribution >= 0.6 is 0 Å². The average molecular weight is 129 g/mol. The van der Waals surface area contributed by atoms with Crippen LogP contribution in [-0.2, 0) is 0 Å². The first kappa shape index (κ1) is 8.03. The van der Waals surface area contributed by atoms with Crippen LogP contribution in [0.25, 0.3) is 0 Å². The van der Waals surface area contributed by atoms with E-state index in [1.165, 1.54) is 0 Å². The fraction of sp³-hybridized carbons (Fsp3) is 0.286. The smallest absolute Gasteiger partial charge is 0.152 e. The summed E-state index contributed by atoms with van der Waals surface area (Å²) < 4.78 is 0. The van der Waals surface area contributed by atoms with E-state index in [2.05, 4.69) is 11.8 Å². The maximum absolute atomic E-state index is 8.27. The summed E-state index contributed by atoms with van der Waals surface area (Å²) in [6, 6.07) is 5.15. The lowest BCUT2D eigenvalue weighted by molar-refractivity contribution is 0.889. The molecule has 3 nitrogen and oxygen atoms in total. The summed E-state index contributed by atoms with van der Waals surface area (Å²) in [4.78, 5) is 0. The van der Waals surface area contributed by atoms with Gasteiger partial charge in [0.15, 0.2) is 6.07 Å². The SMILES string of the molecule is N#CC#CC(C#N)CC#N. The highest BCUT2D eigenvalue weighted by atomic mass is 14.3. The van der Waals surface area contributed by atoms with Gasteiger partial charge in [0.25, 0.3) is 0 Å². The van der Waals surface area contributed by atoms with Gasteiger partial charge in [0.2, 0.25) is 0 Å². The molecule has 0 radical (unpaired) electrons. The molecule has 0 saturated carbocycles. The van der Waals surface area contributed by atoms with Gasteiger partial charge in [-0.15, -0.1) is 0 Å². The summed E-state index contributed by atoms with van der Waals surface area (Å²) in [6.45, 7) is 0. The van der Waals surface area contributed by atoms with Gasteiger partial charge in [-0.2, -0.15) is 15.8 Å². The first-order valence-electron chi connectivity index (χ1n) is 2.51. The van der Waals surface area contributed by atoms with Crippen LogP contribution in [0.4, 0.5) is 0 Å². The van der Waals surface area contributed by atoms with E-state index in [1.807, 2.05) is 0 Å². The van der Waals surface area contributed by atoms with Gasteiger partial charge >= 0.3 is 0 Å². The van der Waals surface area contributed by atoms with Crippen molar-refractivity contribution in [2.24, 2.45) is 5.92 Å². The van der Waals surface area contributed by atoms with Crippen LogP contribution in [0.5, 0.6) is 0 Å². The molecule has 0 amide bonds. The third kappa shape index (κ3) is 3.09. The lowest BCUT2D eigenvalue weighted by Crippen LogP contribution is -1.89. The minimum atomic E-state index is -0.621. The molecule has 46 valence electrons. The molecule has 3 heteroatoms. The van der Waals surface area contributed by atoms with Crippen LogP contribution in [0.2, 0.25) is 0 Å². The minimum absolute atomic E-state index is 0.0607. The van der Waals surface area contributed by atoms with Crippen LogP contribution < -0.4 is 0 Å². The molecule has 0 rings (SSSR count). The molecule has 0 aromatic rings. The Kier molecular flexibility index (Phi) is 4.15. The standard InChI is InChI=1S/C7H3N3/c8-4-1-2-7(6-10)3-5-9/h7H,3H2. The van der Waals surface area contributed by atoms with E-state index in [9.17, 15) is 0 Å². The van der Waals surface area contributed by atoms with Crippen molar-refractivity contribution in [3.05, 3.63) is 0 Å². The highest BCUT2D eigenvalue weighted by molar-refractivity contribution is 5.22. The molecule has 0 aromatic carbocycles. The van der Waals surface area contributed by atoms with Gasteiger partial charge in [0.1, 0.15) is 5.92 Å². The largest absolute Gasteiger partial charge is 0.198 e. The van der Waals surface area contributed by atoms with Crippen LogP contribution in [0, 0.1) is 51.8 Å². The molecule has 0 bridgehead atoms. The number of rotatable bonds is 1. The van der Waals surface area contributed by atoms with Crippen LogP contribution in [0.3, 0.4) is 0 Å². The zero-order valence-electron chi connectivity index (χ0n) is 5.13. The first-order chi connectivity index (χ1) is 4.85. The van der Waals surface area contributed by atoms with E-state index in [-0.39, 0.29) is 6.42 Å². The van der Waals surface area contributed by atoms with Crippen molar-refractivity contribution in [2.75, 3.05) is 0 Å². The monoisotopic (exact) mass is 129 g/mol. The van der Waals surface area contributed by atoms with Gasteiger partial charge in [-0.1, -0.05) is 5.92 Å². The van der Waals surface area contributed by atoms with Crippen molar-refractivity contribution in [3.63, 3.8) is 0 Å².